The third kappa shape index (κ3) is 5.88. The summed E-state index contributed by atoms with van der Waals surface area (Å²) >= 11 is 0. The number of aromatic hydroxyl groups is 1. The van der Waals surface area contributed by atoms with Gasteiger partial charge in [-0.2, -0.15) is 0 Å². The lowest BCUT2D eigenvalue weighted by Gasteiger charge is -2.53. The maximum Gasteiger partial charge on any atom is 0.258 e. The largest absolute Gasteiger partial charge is 0.510 e. The number of rotatable bonds is 7. The lowest BCUT2D eigenvalue weighted by molar-refractivity contribution is -0.162. The Morgan fingerprint density at radius 2 is 1.43 bits per heavy atom. The summed E-state index contributed by atoms with van der Waals surface area (Å²) in [5.41, 5.74) is -2.42. The molecular formula is C40H45N3O8. The summed E-state index contributed by atoms with van der Waals surface area (Å²) in [7, 11) is 3.08. The van der Waals surface area contributed by atoms with Crippen LogP contribution in [0.5, 0.6) is 5.75 Å². The molecule has 0 spiro atoms. The van der Waals surface area contributed by atoms with E-state index in [0.717, 1.165) is 11.1 Å². The minimum absolute atomic E-state index is 0.116. The van der Waals surface area contributed by atoms with E-state index in [1.54, 1.807) is 53.9 Å². The zero-order valence-corrected chi connectivity index (χ0v) is 29.6. The number of carbonyl (C=O) groups is 3. The van der Waals surface area contributed by atoms with Crippen LogP contribution in [0.1, 0.15) is 60.7 Å². The second-order valence-corrected chi connectivity index (χ2v) is 15.1. The van der Waals surface area contributed by atoms with Crippen LogP contribution in [0.3, 0.4) is 0 Å². The van der Waals surface area contributed by atoms with E-state index in [0.29, 0.717) is 24.3 Å². The molecule has 0 bridgehead atoms. The molecule has 6 atom stereocenters. The highest BCUT2D eigenvalue weighted by molar-refractivity contribution is 6.25. The standard InChI is InChI=1S/C40H45N3O8/c1-21-24-17-18-25(43(19-22-13-9-7-10-14-22)20-23-15-11-8-12-16-23)32(44)27(24)33(45)28-26(21)34(46)30-31(42(5)6)35(47)29(38(50)41-39(2,3)4)37(49)40(30,51)36(28)48/h7-18,21,26,30-31,34,44,46-48,51H,19-20H2,1-6H3,(H,41,50). The average molecular weight is 696 g/mol. The van der Waals surface area contributed by atoms with Gasteiger partial charge in [0.1, 0.15) is 22.8 Å². The van der Waals surface area contributed by atoms with Crippen molar-refractivity contribution in [3.8, 4) is 5.75 Å². The Balaban J connectivity index is 1.50. The number of likely N-dealkylation sites (N-methyl/N-ethyl adjacent to an activating group) is 1. The number of anilines is 1. The summed E-state index contributed by atoms with van der Waals surface area (Å²) in [4.78, 5) is 45.6. The number of phenolic OH excluding ortho intramolecular Hbond substituents is 1. The van der Waals surface area contributed by atoms with Gasteiger partial charge in [0, 0.05) is 30.1 Å². The summed E-state index contributed by atoms with van der Waals surface area (Å²) in [5, 5.41) is 62.3. The molecule has 6 rings (SSSR count). The predicted octanol–water partition coefficient (Wildman–Crippen LogP) is 4.29. The quantitative estimate of drug-likeness (QED) is 0.196. The summed E-state index contributed by atoms with van der Waals surface area (Å²) in [6.45, 7) is 7.52. The van der Waals surface area contributed by atoms with Crippen molar-refractivity contribution in [1.82, 2.24) is 10.2 Å². The van der Waals surface area contributed by atoms with Crippen molar-refractivity contribution in [3.63, 3.8) is 0 Å². The Hall–Kier alpha value is -4.97. The van der Waals surface area contributed by atoms with Gasteiger partial charge in [0.15, 0.2) is 11.4 Å². The highest BCUT2D eigenvalue weighted by Crippen LogP contribution is 2.56. The minimum atomic E-state index is -2.95. The van der Waals surface area contributed by atoms with Gasteiger partial charge in [-0.25, -0.2) is 0 Å². The number of hydrogen-bond donors (Lipinski definition) is 6. The zero-order valence-electron chi connectivity index (χ0n) is 29.6. The van der Waals surface area contributed by atoms with Crippen LogP contribution in [0.4, 0.5) is 5.69 Å². The molecule has 3 aromatic carbocycles. The number of carbonyl (C=O) groups excluding carboxylic acids is 3. The van der Waals surface area contributed by atoms with Crippen LogP contribution in [-0.4, -0.2) is 85.3 Å². The summed E-state index contributed by atoms with van der Waals surface area (Å²) in [6.07, 6.45) is -1.65. The van der Waals surface area contributed by atoms with Gasteiger partial charge in [-0.05, 0) is 63.5 Å². The summed E-state index contributed by atoms with van der Waals surface area (Å²) in [6, 6.07) is 21.4. The van der Waals surface area contributed by atoms with Crippen LogP contribution in [0.25, 0.3) is 0 Å². The van der Waals surface area contributed by atoms with Gasteiger partial charge in [0.05, 0.1) is 29.3 Å². The van der Waals surface area contributed by atoms with E-state index < -0.39 is 81.2 Å². The predicted molar refractivity (Wildman–Crippen MR) is 191 cm³/mol. The molecular weight excluding hydrogens is 650 g/mol. The molecule has 3 aliphatic carbocycles. The Bertz CT molecular complexity index is 1910. The number of aliphatic hydroxyl groups excluding tert-OH is 3. The van der Waals surface area contributed by atoms with E-state index in [9.17, 15) is 39.9 Å². The van der Waals surface area contributed by atoms with Crippen LogP contribution in [0.15, 0.2) is 95.5 Å². The first-order chi connectivity index (χ1) is 24.0. The Labute approximate surface area is 297 Å². The molecule has 0 heterocycles. The number of fused-ring (bicyclic) bond motifs is 3. The fraction of sp³-hybridized carbons (Fsp3) is 0.375. The number of amides is 1. The molecule has 0 aromatic heterocycles. The molecule has 3 aliphatic rings. The fourth-order valence-corrected chi connectivity index (χ4v) is 8.09. The van der Waals surface area contributed by atoms with Crippen molar-refractivity contribution in [1.29, 1.82) is 0 Å². The molecule has 268 valence electrons. The molecule has 1 amide bonds. The van der Waals surface area contributed by atoms with Crippen LogP contribution < -0.4 is 10.2 Å². The van der Waals surface area contributed by atoms with Gasteiger partial charge in [-0.15, -0.1) is 0 Å². The third-order valence-corrected chi connectivity index (χ3v) is 10.4. The van der Waals surface area contributed by atoms with Crippen molar-refractivity contribution < 1.29 is 39.9 Å². The van der Waals surface area contributed by atoms with Crippen LogP contribution in [0.2, 0.25) is 0 Å². The number of nitrogens with one attached hydrogen (secondary N) is 1. The second kappa shape index (κ2) is 13.0. The zero-order chi connectivity index (χ0) is 37.2. The Kier molecular flexibility index (Phi) is 9.12. The van der Waals surface area contributed by atoms with E-state index in [4.69, 9.17) is 0 Å². The average Bonchev–Trinajstić information content (AvgIpc) is 3.06. The monoisotopic (exact) mass is 695 g/mol. The van der Waals surface area contributed by atoms with Crippen molar-refractivity contribution in [3.05, 3.63) is 118 Å². The normalized spacial score (nSPS) is 26.1. The molecule has 11 heteroatoms. The maximum absolute atomic E-state index is 14.6. The first kappa shape index (κ1) is 35.8. The number of Topliss-reactive ketones (excluding diaryl/α,β-unsaturated/α-hetero) is 2. The van der Waals surface area contributed by atoms with Crippen LogP contribution >= 0.6 is 0 Å². The van der Waals surface area contributed by atoms with E-state index in [1.165, 1.54) is 4.90 Å². The van der Waals surface area contributed by atoms with E-state index in [-0.39, 0.29) is 11.3 Å². The molecule has 0 radical (unpaired) electrons. The lowest BCUT2D eigenvalue weighted by atomic mass is 9.55. The van der Waals surface area contributed by atoms with Crippen molar-refractivity contribution in [2.45, 2.75) is 70.0 Å². The molecule has 51 heavy (non-hydrogen) atoms. The maximum atomic E-state index is 14.6. The van der Waals surface area contributed by atoms with Crippen molar-refractivity contribution in [2.75, 3.05) is 19.0 Å². The summed E-state index contributed by atoms with van der Waals surface area (Å²) < 4.78 is 0. The third-order valence-electron chi connectivity index (χ3n) is 10.4. The molecule has 6 N–H and O–H groups in total. The second-order valence-electron chi connectivity index (χ2n) is 15.1. The smallest absolute Gasteiger partial charge is 0.258 e. The van der Waals surface area contributed by atoms with Gasteiger partial charge in [-0.1, -0.05) is 73.7 Å². The topological polar surface area (TPSA) is 171 Å². The number of phenols is 1. The van der Waals surface area contributed by atoms with Gasteiger partial charge < -0.3 is 35.7 Å². The number of hydrogen-bond acceptors (Lipinski definition) is 10. The Morgan fingerprint density at radius 1 is 0.882 bits per heavy atom. The van der Waals surface area contributed by atoms with E-state index in [2.05, 4.69) is 5.32 Å². The molecule has 0 fully saturated rings. The van der Waals surface area contributed by atoms with Gasteiger partial charge in [0.25, 0.3) is 5.91 Å². The SMILES string of the molecule is CC1c2ccc(N(Cc3ccccc3)Cc3ccccc3)c(O)c2C(=O)C2=C(O)C3(O)C(=O)C(C(=O)NC(C)(C)C)=C(O)C(N(C)C)C3C(O)C21. The van der Waals surface area contributed by atoms with Crippen LogP contribution in [-0.2, 0) is 22.7 Å². The first-order valence-electron chi connectivity index (χ1n) is 17.0. The van der Waals surface area contributed by atoms with E-state index >= 15 is 0 Å². The fourth-order valence-electron chi connectivity index (χ4n) is 8.09. The van der Waals surface area contributed by atoms with E-state index in [1.807, 2.05) is 65.6 Å². The number of benzene rings is 3. The lowest BCUT2D eigenvalue weighted by Crippen LogP contribution is -2.68. The molecule has 6 unspecified atom stereocenters. The minimum Gasteiger partial charge on any atom is -0.510 e. The number of aliphatic hydroxyl groups is 4. The molecule has 0 aliphatic heterocycles. The van der Waals surface area contributed by atoms with Crippen molar-refractivity contribution >= 4 is 23.2 Å². The summed E-state index contributed by atoms with van der Waals surface area (Å²) in [5.74, 6) is -8.57. The number of ketones is 2. The van der Waals surface area contributed by atoms with Crippen molar-refractivity contribution in [2.24, 2.45) is 11.8 Å². The highest BCUT2D eigenvalue weighted by atomic mass is 16.4. The van der Waals surface area contributed by atoms with Gasteiger partial charge in [-0.3, -0.25) is 19.3 Å². The van der Waals surface area contributed by atoms with Gasteiger partial charge >= 0.3 is 0 Å². The molecule has 0 saturated heterocycles. The Morgan fingerprint density at radius 3 is 1.94 bits per heavy atom. The highest BCUT2D eigenvalue weighted by Gasteiger charge is 2.67. The number of nitrogens with zero attached hydrogens (tertiary/aromatic N) is 2. The first-order valence-corrected chi connectivity index (χ1v) is 17.0. The van der Waals surface area contributed by atoms with Gasteiger partial charge in [0.2, 0.25) is 5.78 Å². The molecule has 11 nitrogen and oxygen atoms in total. The molecule has 3 aromatic rings. The molecule has 0 saturated carbocycles. The van der Waals surface area contributed by atoms with Crippen LogP contribution in [0, 0.1) is 11.8 Å².